The highest BCUT2D eigenvalue weighted by molar-refractivity contribution is 6.00. The zero-order valence-corrected chi connectivity index (χ0v) is 48.2. The van der Waals surface area contributed by atoms with Gasteiger partial charge in [-0.2, -0.15) is 0 Å². The smallest absolute Gasteiger partial charge is 0.0726 e. The van der Waals surface area contributed by atoms with Crippen molar-refractivity contribution in [1.82, 2.24) is 0 Å². The van der Waals surface area contributed by atoms with Crippen LogP contribution in [-0.2, 0) is 32.5 Å². The Morgan fingerprint density at radius 1 is 0.241 bits per heavy atom. The van der Waals surface area contributed by atoms with Crippen molar-refractivity contribution >= 4 is 17.1 Å². The van der Waals surface area contributed by atoms with Crippen molar-refractivity contribution in [3.63, 3.8) is 0 Å². The molecule has 0 radical (unpaired) electrons. The number of hydrogen-bond acceptors (Lipinski definition) is 1. The van der Waals surface area contributed by atoms with Crippen LogP contribution >= 0.6 is 0 Å². The third kappa shape index (κ3) is 7.00. The van der Waals surface area contributed by atoms with Crippen LogP contribution in [0.1, 0.15) is 150 Å². The highest BCUT2D eigenvalue weighted by Crippen LogP contribution is 2.66. The Hall–Kier alpha value is -8.00. The molecule has 0 aromatic heterocycles. The van der Waals surface area contributed by atoms with Gasteiger partial charge in [-0.15, -0.1) is 0 Å². The summed E-state index contributed by atoms with van der Waals surface area (Å²) in [5.74, 6) is 0. The van der Waals surface area contributed by atoms with E-state index in [2.05, 4.69) is 300 Å². The topological polar surface area (TPSA) is 3.24 Å². The molecule has 0 N–H and O–H groups in total. The molecule has 0 saturated heterocycles. The summed E-state index contributed by atoms with van der Waals surface area (Å²) in [6.45, 7) is 28.2. The number of para-hydroxylation sites is 1. The Balaban J connectivity index is 1.08. The molecule has 0 bridgehead atoms. The zero-order chi connectivity index (χ0) is 54.8. The molecule has 4 aliphatic rings. The number of fused-ring (bicyclic) bond motifs is 20. The lowest BCUT2D eigenvalue weighted by atomic mass is 9.68. The fraction of sp³-hybridized carbons (Fsp3) is 0.231. The number of benzene rings is 10. The fourth-order valence-electron chi connectivity index (χ4n) is 14.4. The standard InChI is InChI=1S/C78H71N/c1-73(2,3)49-30-36-58-59-37-31-50(74(4,5)6)43-67(59)77(66(58)42-49)64-27-19-16-25-56(64)62-40-34-53(46-70(62)77)79(72-29-21-18-24-55(72)48-22-14-13-15-23-48)54-35-41-63-57-26-17-20-28-65(57)78(71(63)47-54)68-44-51(75(7,8)9)32-38-60(68)61-39-33-52(45-69(61)78)76(10,11)12/h13-47H,1-12H3. The Kier molecular flexibility index (Phi) is 10.5. The van der Waals surface area contributed by atoms with E-state index >= 15 is 0 Å². The molecule has 0 aliphatic heterocycles. The highest BCUT2D eigenvalue weighted by atomic mass is 15.1. The van der Waals surface area contributed by atoms with Crippen LogP contribution in [0.4, 0.5) is 17.1 Å². The molecule has 0 fully saturated rings. The molecule has 0 unspecified atom stereocenters. The molecule has 10 aromatic carbocycles. The maximum Gasteiger partial charge on any atom is 0.0726 e. The van der Waals surface area contributed by atoms with Crippen molar-refractivity contribution in [1.29, 1.82) is 0 Å². The summed E-state index contributed by atoms with van der Waals surface area (Å²) in [6, 6.07) is 83.1. The van der Waals surface area contributed by atoms with Gasteiger partial charge in [0.05, 0.1) is 16.5 Å². The first-order chi connectivity index (χ1) is 37.7. The third-order valence-corrected chi connectivity index (χ3v) is 18.5. The number of hydrogen-bond donors (Lipinski definition) is 0. The molecule has 0 heterocycles. The maximum atomic E-state index is 2.60. The summed E-state index contributed by atoms with van der Waals surface area (Å²) in [6.07, 6.45) is 0. The van der Waals surface area contributed by atoms with Crippen molar-refractivity contribution in [2.45, 2.75) is 116 Å². The van der Waals surface area contributed by atoms with E-state index in [-0.39, 0.29) is 21.7 Å². The Labute approximate surface area is 469 Å². The van der Waals surface area contributed by atoms with Crippen LogP contribution < -0.4 is 4.90 Å². The molecule has 79 heavy (non-hydrogen) atoms. The lowest BCUT2D eigenvalue weighted by molar-refractivity contribution is 0.586. The minimum absolute atomic E-state index is 0.0458. The van der Waals surface area contributed by atoms with E-state index < -0.39 is 10.8 Å². The van der Waals surface area contributed by atoms with Crippen molar-refractivity contribution in [3.8, 4) is 55.6 Å². The van der Waals surface area contributed by atoms with E-state index in [1.165, 1.54) is 122 Å². The van der Waals surface area contributed by atoms with Crippen molar-refractivity contribution < 1.29 is 0 Å². The highest BCUT2D eigenvalue weighted by Gasteiger charge is 2.54. The first-order valence-electron chi connectivity index (χ1n) is 28.7. The summed E-state index contributed by atoms with van der Waals surface area (Å²) in [5.41, 5.74) is 31.2. The van der Waals surface area contributed by atoms with Crippen LogP contribution in [-0.4, -0.2) is 0 Å². The fourth-order valence-corrected chi connectivity index (χ4v) is 14.4. The van der Waals surface area contributed by atoms with Gasteiger partial charge in [0.25, 0.3) is 0 Å². The van der Waals surface area contributed by atoms with Gasteiger partial charge in [0.2, 0.25) is 0 Å². The summed E-state index contributed by atoms with van der Waals surface area (Å²) in [7, 11) is 0. The van der Waals surface area contributed by atoms with Crippen LogP contribution in [0.2, 0.25) is 0 Å². The zero-order valence-electron chi connectivity index (χ0n) is 48.2. The maximum absolute atomic E-state index is 2.60. The summed E-state index contributed by atoms with van der Waals surface area (Å²) < 4.78 is 0. The molecular weight excluding hydrogens is 951 g/mol. The summed E-state index contributed by atoms with van der Waals surface area (Å²) in [5, 5.41) is 0. The second kappa shape index (κ2) is 16.8. The van der Waals surface area contributed by atoms with Crippen molar-refractivity contribution in [3.05, 3.63) is 279 Å². The van der Waals surface area contributed by atoms with Gasteiger partial charge in [-0.05, 0) is 169 Å². The molecular formula is C78H71N. The van der Waals surface area contributed by atoms with Crippen molar-refractivity contribution in [2.75, 3.05) is 4.90 Å². The number of anilines is 3. The first kappa shape index (κ1) is 49.3. The van der Waals surface area contributed by atoms with Gasteiger partial charge in [0.15, 0.2) is 0 Å². The lowest BCUT2D eigenvalue weighted by Crippen LogP contribution is -2.28. The Bertz CT molecular complexity index is 3810. The Morgan fingerprint density at radius 2 is 0.519 bits per heavy atom. The lowest BCUT2D eigenvalue weighted by Gasteiger charge is -2.35. The minimum atomic E-state index is -0.559. The molecule has 0 atom stereocenters. The van der Waals surface area contributed by atoms with Gasteiger partial charge < -0.3 is 4.90 Å². The van der Waals surface area contributed by atoms with Gasteiger partial charge >= 0.3 is 0 Å². The molecule has 14 rings (SSSR count). The first-order valence-corrected chi connectivity index (χ1v) is 28.7. The minimum Gasteiger partial charge on any atom is -0.310 e. The number of rotatable bonds is 4. The monoisotopic (exact) mass is 1020 g/mol. The molecule has 0 amide bonds. The van der Waals surface area contributed by atoms with E-state index in [1.54, 1.807) is 0 Å². The van der Waals surface area contributed by atoms with Gasteiger partial charge in [-0.1, -0.05) is 265 Å². The van der Waals surface area contributed by atoms with E-state index in [0.717, 1.165) is 17.1 Å². The molecule has 2 spiro atoms. The van der Waals surface area contributed by atoms with E-state index in [1.807, 2.05) is 0 Å². The molecule has 4 aliphatic carbocycles. The molecule has 10 aromatic rings. The van der Waals surface area contributed by atoms with E-state index in [0.29, 0.717) is 0 Å². The van der Waals surface area contributed by atoms with Crippen LogP contribution in [0, 0.1) is 0 Å². The van der Waals surface area contributed by atoms with Crippen LogP contribution in [0.15, 0.2) is 212 Å². The predicted molar refractivity (Wildman–Crippen MR) is 334 cm³/mol. The molecule has 388 valence electrons. The van der Waals surface area contributed by atoms with Crippen molar-refractivity contribution in [2.24, 2.45) is 0 Å². The quantitative estimate of drug-likeness (QED) is 0.170. The van der Waals surface area contributed by atoms with Gasteiger partial charge in [-0.25, -0.2) is 0 Å². The van der Waals surface area contributed by atoms with Crippen LogP contribution in [0.25, 0.3) is 55.6 Å². The van der Waals surface area contributed by atoms with Gasteiger partial charge in [-0.3, -0.25) is 0 Å². The van der Waals surface area contributed by atoms with Crippen LogP contribution in [0.5, 0.6) is 0 Å². The number of nitrogens with zero attached hydrogens (tertiary/aromatic N) is 1. The molecule has 1 heteroatoms. The third-order valence-electron chi connectivity index (χ3n) is 18.5. The summed E-state index contributed by atoms with van der Waals surface area (Å²) >= 11 is 0. The van der Waals surface area contributed by atoms with Crippen LogP contribution in [0.3, 0.4) is 0 Å². The average Bonchev–Trinajstić information content (AvgIpc) is 2.27. The SMILES string of the molecule is CC(C)(C)c1ccc2c(c1)C1(c3ccccc3-c3ccc(N(c4ccc5c(c4)C4(c6ccccc6-5)c5cc(C(C)(C)C)ccc5-c5ccc(C(C)(C)C)cc54)c4ccccc4-c4ccccc4)cc31)c1cc(C(C)(C)C)ccc1-2. The van der Waals surface area contributed by atoms with E-state index in [9.17, 15) is 0 Å². The Morgan fingerprint density at radius 3 is 0.873 bits per heavy atom. The molecule has 0 saturated carbocycles. The molecule has 1 nitrogen and oxygen atoms in total. The largest absolute Gasteiger partial charge is 0.310 e. The second-order valence-corrected chi connectivity index (χ2v) is 27.3. The van der Waals surface area contributed by atoms with E-state index in [4.69, 9.17) is 0 Å². The van der Waals surface area contributed by atoms with Gasteiger partial charge in [0, 0.05) is 16.9 Å². The van der Waals surface area contributed by atoms with Gasteiger partial charge in [0.1, 0.15) is 0 Å². The summed E-state index contributed by atoms with van der Waals surface area (Å²) in [4.78, 5) is 2.60. The normalized spacial score (nSPS) is 14.8. The second-order valence-electron chi connectivity index (χ2n) is 27.3. The average molecular weight is 1020 g/mol. The predicted octanol–water partition coefficient (Wildman–Crippen LogP) is 20.7.